The molecule has 0 aromatic heterocycles. The van der Waals surface area contributed by atoms with Crippen molar-refractivity contribution in [3.8, 4) is 0 Å². The highest BCUT2D eigenvalue weighted by Gasteiger charge is 2.34. The van der Waals surface area contributed by atoms with Crippen molar-refractivity contribution in [2.24, 2.45) is 11.3 Å². The summed E-state index contributed by atoms with van der Waals surface area (Å²) in [4.78, 5) is 2.42. The van der Waals surface area contributed by atoms with Crippen LogP contribution in [0.3, 0.4) is 0 Å². The van der Waals surface area contributed by atoms with Crippen molar-refractivity contribution in [3.63, 3.8) is 0 Å². The van der Waals surface area contributed by atoms with E-state index < -0.39 is 0 Å². The zero-order chi connectivity index (χ0) is 13.3. The number of halogens is 2. The molecular weight excluding hydrogens is 265 g/mol. The molecule has 0 saturated carbocycles. The Morgan fingerprint density at radius 2 is 2.00 bits per heavy atom. The third kappa shape index (κ3) is 3.20. The molecule has 100 valence electrons. The summed E-state index contributed by atoms with van der Waals surface area (Å²) in [5.41, 5.74) is 1.66. The summed E-state index contributed by atoms with van der Waals surface area (Å²) in [6.07, 6.45) is 2.35. The maximum atomic E-state index is 6.09. The summed E-state index contributed by atoms with van der Waals surface area (Å²) in [5.74, 6) is 0.714. The van der Waals surface area contributed by atoms with Crippen LogP contribution in [-0.2, 0) is 6.42 Å². The first-order valence-electron chi connectivity index (χ1n) is 6.51. The molecule has 1 unspecified atom stereocenters. The monoisotopic (exact) mass is 285 g/mol. The summed E-state index contributed by atoms with van der Waals surface area (Å²) in [7, 11) is 2.21. The van der Waals surface area contributed by atoms with Gasteiger partial charge in [-0.25, -0.2) is 0 Å². The van der Waals surface area contributed by atoms with Crippen LogP contribution in [0, 0.1) is 11.3 Å². The van der Waals surface area contributed by atoms with Crippen molar-refractivity contribution in [3.05, 3.63) is 33.8 Å². The van der Waals surface area contributed by atoms with Gasteiger partial charge in [-0.2, -0.15) is 0 Å². The SMILES string of the molecule is CN1CCC(Cc2ccc(Cl)c(Cl)c2)C(C)(C)C1. The Morgan fingerprint density at radius 3 is 2.61 bits per heavy atom. The lowest BCUT2D eigenvalue weighted by Crippen LogP contribution is -2.44. The number of likely N-dealkylation sites (tertiary alicyclic amines) is 1. The van der Waals surface area contributed by atoms with Crippen LogP contribution in [0.4, 0.5) is 0 Å². The normalized spacial score (nSPS) is 24.2. The van der Waals surface area contributed by atoms with Crippen LogP contribution >= 0.6 is 23.2 Å². The Balaban J connectivity index is 2.11. The minimum atomic E-state index is 0.360. The lowest BCUT2D eigenvalue weighted by atomic mass is 9.71. The van der Waals surface area contributed by atoms with E-state index in [0.29, 0.717) is 21.4 Å². The average Bonchev–Trinajstić information content (AvgIpc) is 2.26. The second-order valence-corrected chi connectivity index (χ2v) is 6.98. The molecular formula is C15H21Cl2N. The van der Waals surface area contributed by atoms with Gasteiger partial charge in [0.25, 0.3) is 0 Å². The maximum Gasteiger partial charge on any atom is 0.0595 e. The predicted molar refractivity (Wildman–Crippen MR) is 79.6 cm³/mol. The third-order valence-corrected chi connectivity index (χ3v) is 4.85. The highest BCUT2D eigenvalue weighted by atomic mass is 35.5. The minimum Gasteiger partial charge on any atom is -0.306 e. The molecule has 0 amide bonds. The topological polar surface area (TPSA) is 3.24 Å². The first-order chi connectivity index (χ1) is 8.38. The second-order valence-electron chi connectivity index (χ2n) is 6.16. The molecule has 0 radical (unpaired) electrons. The smallest absolute Gasteiger partial charge is 0.0595 e. The van der Waals surface area contributed by atoms with Gasteiger partial charge in [0, 0.05) is 6.54 Å². The Morgan fingerprint density at radius 1 is 1.28 bits per heavy atom. The van der Waals surface area contributed by atoms with Crippen LogP contribution in [0.5, 0.6) is 0 Å². The lowest BCUT2D eigenvalue weighted by molar-refractivity contribution is 0.0720. The fourth-order valence-corrected chi connectivity index (χ4v) is 3.32. The van der Waals surface area contributed by atoms with E-state index in [1.807, 2.05) is 12.1 Å². The van der Waals surface area contributed by atoms with Crippen LogP contribution in [-0.4, -0.2) is 25.0 Å². The summed E-state index contributed by atoms with van der Waals surface area (Å²) >= 11 is 12.0. The van der Waals surface area contributed by atoms with Crippen LogP contribution in [0.15, 0.2) is 18.2 Å². The number of piperidine rings is 1. The van der Waals surface area contributed by atoms with Crippen molar-refractivity contribution >= 4 is 23.2 Å². The Kier molecular flexibility index (Phi) is 4.25. The Labute approximate surface area is 120 Å². The van der Waals surface area contributed by atoms with Crippen molar-refractivity contribution in [1.29, 1.82) is 0 Å². The van der Waals surface area contributed by atoms with E-state index in [0.717, 1.165) is 6.42 Å². The van der Waals surface area contributed by atoms with Gasteiger partial charge in [-0.3, -0.25) is 0 Å². The molecule has 1 aromatic carbocycles. The molecule has 0 bridgehead atoms. The molecule has 1 atom stereocenters. The first kappa shape index (κ1) is 14.2. The van der Waals surface area contributed by atoms with Gasteiger partial charge in [0.05, 0.1) is 10.0 Å². The number of nitrogens with zero attached hydrogens (tertiary/aromatic N) is 1. The molecule has 1 aliphatic rings. The van der Waals surface area contributed by atoms with Crippen molar-refractivity contribution in [2.75, 3.05) is 20.1 Å². The van der Waals surface area contributed by atoms with Crippen molar-refractivity contribution in [2.45, 2.75) is 26.7 Å². The van der Waals surface area contributed by atoms with Crippen LogP contribution < -0.4 is 0 Å². The third-order valence-electron chi connectivity index (χ3n) is 4.11. The van der Waals surface area contributed by atoms with E-state index in [1.54, 1.807) is 0 Å². The molecule has 0 aliphatic carbocycles. The van der Waals surface area contributed by atoms with Gasteiger partial charge in [-0.1, -0.05) is 43.1 Å². The highest BCUT2D eigenvalue weighted by molar-refractivity contribution is 6.42. The molecule has 1 aliphatic heterocycles. The summed E-state index contributed by atoms with van der Waals surface area (Å²) in [5, 5.41) is 1.31. The molecule has 1 heterocycles. The van der Waals surface area contributed by atoms with Gasteiger partial charge in [-0.05, 0) is 55.5 Å². The molecule has 1 fully saturated rings. The maximum absolute atomic E-state index is 6.09. The fourth-order valence-electron chi connectivity index (χ4n) is 3.00. The zero-order valence-corrected chi connectivity index (χ0v) is 12.9. The summed E-state index contributed by atoms with van der Waals surface area (Å²) < 4.78 is 0. The second kappa shape index (κ2) is 5.40. The van der Waals surface area contributed by atoms with E-state index in [-0.39, 0.29) is 0 Å². The van der Waals surface area contributed by atoms with E-state index in [9.17, 15) is 0 Å². The molecule has 3 heteroatoms. The average molecular weight is 286 g/mol. The van der Waals surface area contributed by atoms with Crippen LogP contribution in [0.25, 0.3) is 0 Å². The molecule has 1 nitrogen and oxygen atoms in total. The van der Waals surface area contributed by atoms with Crippen molar-refractivity contribution < 1.29 is 0 Å². The number of benzene rings is 1. The fraction of sp³-hybridized carbons (Fsp3) is 0.600. The first-order valence-corrected chi connectivity index (χ1v) is 7.26. The Hall–Kier alpha value is -0.240. The Bertz CT molecular complexity index is 429. The quantitative estimate of drug-likeness (QED) is 0.773. The molecule has 18 heavy (non-hydrogen) atoms. The van der Waals surface area contributed by atoms with E-state index in [1.165, 1.54) is 25.1 Å². The van der Waals surface area contributed by atoms with Gasteiger partial charge in [0.2, 0.25) is 0 Å². The number of hydrogen-bond donors (Lipinski definition) is 0. The largest absolute Gasteiger partial charge is 0.306 e. The number of rotatable bonds is 2. The molecule has 2 rings (SSSR count). The summed E-state index contributed by atoms with van der Waals surface area (Å²) in [6, 6.07) is 6.02. The van der Waals surface area contributed by atoms with Gasteiger partial charge in [-0.15, -0.1) is 0 Å². The molecule has 1 aromatic rings. The minimum absolute atomic E-state index is 0.360. The van der Waals surface area contributed by atoms with Gasteiger partial charge in [0.1, 0.15) is 0 Å². The van der Waals surface area contributed by atoms with E-state index in [4.69, 9.17) is 23.2 Å². The predicted octanol–water partition coefficient (Wildman–Crippen LogP) is 4.51. The lowest BCUT2D eigenvalue weighted by Gasteiger charge is -2.43. The van der Waals surface area contributed by atoms with E-state index in [2.05, 4.69) is 31.9 Å². The zero-order valence-electron chi connectivity index (χ0n) is 11.3. The standard InChI is InChI=1S/C15H21Cl2N/c1-15(2)10-18(3)7-6-12(15)8-11-4-5-13(16)14(17)9-11/h4-5,9,12H,6-8,10H2,1-3H3. The molecule has 1 saturated heterocycles. The number of hydrogen-bond acceptors (Lipinski definition) is 1. The van der Waals surface area contributed by atoms with E-state index >= 15 is 0 Å². The highest BCUT2D eigenvalue weighted by Crippen LogP contribution is 2.37. The summed E-state index contributed by atoms with van der Waals surface area (Å²) in [6.45, 7) is 7.09. The van der Waals surface area contributed by atoms with Crippen LogP contribution in [0.1, 0.15) is 25.8 Å². The van der Waals surface area contributed by atoms with Crippen molar-refractivity contribution in [1.82, 2.24) is 4.90 Å². The van der Waals surface area contributed by atoms with Gasteiger partial charge < -0.3 is 4.90 Å². The van der Waals surface area contributed by atoms with Gasteiger partial charge >= 0.3 is 0 Å². The van der Waals surface area contributed by atoms with Gasteiger partial charge in [0.15, 0.2) is 0 Å². The molecule has 0 N–H and O–H groups in total. The molecule has 0 spiro atoms. The van der Waals surface area contributed by atoms with Crippen LogP contribution in [0.2, 0.25) is 10.0 Å².